The van der Waals surface area contributed by atoms with Crippen molar-refractivity contribution in [2.75, 3.05) is 5.32 Å². The van der Waals surface area contributed by atoms with Crippen molar-refractivity contribution < 1.29 is 9.59 Å². The quantitative estimate of drug-likeness (QED) is 0.663. The number of ketones is 1. The first kappa shape index (κ1) is 13.8. The van der Waals surface area contributed by atoms with Crippen molar-refractivity contribution in [1.29, 1.82) is 0 Å². The number of rotatable bonds is 3. The first-order chi connectivity index (χ1) is 9.16. The van der Waals surface area contributed by atoms with Crippen molar-refractivity contribution in [1.82, 2.24) is 0 Å². The summed E-state index contributed by atoms with van der Waals surface area (Å²) in [6.45, 7) is 1.53. The minimum absolute atomic E-state index is 0.0190. The van der Waals surface area contributed by atoms with Gasteiger partial charge in [-0.2, -0.15) is 0 Å². The lowest BCUT2D eigenvalue weighted by Crippen LogP contribution is -2.22. The molecule has 0 saturated heterocycles. The molecule has 1 amide bonds. The second-order valence-electron chi connectivity index (χ2n) is 5.31. The van der Waals surface area contributed by atoms with E-state index in [4.69, 9.17) is 0 Å². The molecule has 1 N–H and O–H groups in total. The fourth-order valence-corrected chi connectivity index (χ4v) is 2.60. The van der Waals surface area contributed by atoms with Crippen molar-refractivity contribution in [2.24, 2.45) is 5.92 Å². The summed E-state index contributed by atoms with van der Waals surface area (Å²) in [5.74, 6) is 0.247. The van der Waals surface area contributed by atoms with Gasteiger partial charge < -0.3 is 5.32 Å². The molecule has 1 aromatic carbocycles. The van der Waals surface area contributed by atoms with Gasteiger partial charge in [0, 0.05) is 17.2 Å². The highest BCUT2D eigenvalue weighted by molar-refractivity contribution is 5.97. The Hall–Kier alpha value is -1.64. The summed E-state index contributed by atoms with van der Waals surface area (Å²) in [5.41, 5.74) is 1.36. The lowest BCUT2D eigenvalue weighted by molar-refractivity contribution is -0.120. The summed E-state index contributed by atoms with van der Waals surface area (Å²) in [7, 11) is 0. The topological polar surface area (TPSA) is 46.2 Å². The number of amides is 1. The van der Waals surface area contributed by atoms with E-state index in [1.807, 2.05) is 6.07 Å². The average molecular weight is 259 g/mol. The fourth-order valence-electron chi connectivity index (χ4n) is 2.60. The van der Waals surface area contributed by atoms with Gasteiger partial charge in [-0.3, -0.25) is 9.59 Å². The van der Waals surface area contributed by atoms with Crippen LogP contribution in [0.4, 0.5) is 5.69 Å². The molecule has 0 aliphatic heterocycles. The monoisotopic (exact) mass is 259 g/mol. The molecule has 1 fully saturated rings. The smallest absolute Gasteiger partial charge is 0.227 e. The molecular formula is C16H21NO2. The molecule has 0 aromatic heterocycles. The van der Waals surface area contributed by atoms with Crippen LogP contribution in [0, 0.1) is 5.92 Å². The highest BCUT2D eigenvalue weighted by Crippen LogP contribution is 2.24. The molecule has 0 heterocycles. The summed E-state index contributed by atoms with van der Waals surface area (Å²) in [5, 5.41) is 2.94. The summed E-state index contributed by atoms with van der Waals surface area (Å²) in [6.07, 6.45) is 6.74. The normalized spacial score (nSPS) is 16.7. The molecule has 0 bridgehead atoms. The van der Waals surface area contributed by atoms with E-state index >= 15 is 0 Å². The van der Waals surface area contributed by atoms with Crippen LogP contribution in [0.3, 0.4) is 0 Å². The highest BCUT2D eigenvalue weighted by Gasteiger charge is 2.20. The van der Waals surface area contributed by atoms with E-state index in [-0.39, 0.29) is 17.6 Å². The van der Waals surface area contributed by atoms with E-state index < -0.39 is 0 Å². The Kier molecular flexibility index (Phi) is 4.72. The van der Waals surface area contributed by atoms with Gasteiger partial charge >= 0.3 is 0 Å². The second kappa shape index (κ2) is 6.50. The minimum atomic E-state index is 0.0190. The van der Waals surface area contributed by atoms with Crippen LogP contribution < -0.4 is 5.32 Å². The molecule has 3 heteroatoms. The van der Waals surface area contributed by atoms with Gasteiger partial charge in [0.05, 0.1) is 0 Å². The maximum absolute atomic E-state index is 12.2. The Morgan fingerprint density at radius 2 is 1.79 bits per heavy atom. The van der Waals surface area contributed by atoms with Crippen LogP contribution >= 0.6 is 0 Å². The lowest BCUT2D eigenvalue weighted by Gasteiger charge is -2.14. The van der Waals surface area contributed by atoms with E-state index in [1.165, 1.54) is 19.8 Å². The van der Waals surface area contributed by atoms with Crippen molar-refractivity contribution in [3.8, 4) is 0 Å². The number of Topliss-reactive ketones (excluding diaryl/α,β-unsaturated/α-hetero) is 1. The van der Waals surface area contributed by atoms with Crippen LogP contribution in [0.2, 0.25) is 0 Å². The Balaban J connectivity index is 2.01. The maximum atomic E-state index is 12.2. The fraction of sp³-hybridized carbons (Fsp3) is 0.500. The lowest BCUT2D eigenvalue weighted by atomic mass is 9.99. The molecule has 1 saturated carbocycles. The predicted molar refractivity (Wildman–Crippen MR) is 76.3 cm³/mol. The van der Waals surface area contributed by atoms with E-state index in [0.29, 0.717) is 5.56 Å². The Morgan fingerprint density at radius 3 is 2.42 bits per heavy atom. The van der Waals surface area contributed by atoms with Crippen LogP contribution in [-0.2, 0) is 4.79 Å². The van der Waals surface area contributed by atoms with Crippen LogP contribution in [0.5, 0.6) is 0 Å². The summed E-state index contributed by atoms with van der Waals surface area (Å²) < 4.78 is 0. The molecule has 2 rings (SSSR count). The van der Waals surface area contributed by atoms with E-state index in [0.717, 1.165) is 31.4 Å². The number of nitrogens with one attached hydrogen (secondary N) is 1. The summed E-state index contributed by atoms with van der Waals surface area (Å²) in [4.78, 5) is 23.5. The zero-order valence-electron chi connectivity index (χ0n) is 11.4. The second-order valence-corrected chi connectivity index (χ2v) is 5.31. The molecule has 0 spiro atoms. The van der Waals surface area contributed by atoms with Gasteiger partial charge in [-0.1, -0.05) is 37.8 Å². The van der Waals surface area contributed by atoms with Crippen LogP contribution in [-0.4, -0.2) is 11.7 Å². The first-order valence-electron chi connectivity index (χ1n) is 7.08. The molecule has 19 heavy (non-hydrogen) atoms. The molecule has 1 aliphatic carbocycles. The third-order valence-electron chi connectivity index (χ3n) is 3.76. The van der Waals surface area contributed by atoms with Crippen LogP contribution in [0.25, 0.3) is 0 Å². The Morgan fingerprint density at radius 1 is 1.11 bits per heavy atom. The van der Waals surface area contributed by atoms with Crippen molar-refractivity contribution >= 4 is 17.4 Å². The number of carbonyl (C=O) groups excluding carboxylic acids is 2. The van der Waals surface area contributed by atoms with Gasteiger partial charge in [-0.25, -0.2) is 0 Å². The van der Waals surface area contributed by atoms with Crippen molar-refractivity contribution in [3.05, 3.63) is 29.8 Å². The van der Waals surface area contributed by atoms with Gasteiger partial charge in [0.1, 0.15) is 0 Å². The van der Waals surface area contributed by atoms with E-state index in [1.54, 1.807) is 18.2 Å². The Labute approximate surface area is 114 Å². The Bertz CT molecular complexity index is 460. The van der Waals surface area contributed by atoms with Gasteiger partial charge in [-0.05, 0) is 31.9 Å². The molecule has 0 unspecified atom stereocenters. The van der Waals surface area contributed by atoms with Gasteiger partial charge in [0.25, 0.3) is 0 Å². The molecule has 1 aliphatic rings. The average Bonchev–Trinajstić information content (AvgIpc) is 2.68. The zero-order valence-corrected chi connectivity index (χ0v) is 11.4. The minimum Gasteiger partial charge on any atom is -0.326 e. The van der Waals surface area contributed by atoms with Crippen LogP contribution in [0.15, 0.2) is 24.3 Å². The maximum Gasteiger partial charge on any atom is 0.227 e. The zero-order chi connectivity index (χ0) is 13.7. The van der Waals surface area contributed by atoms with Crippen molar-refractivity contribution in [2.45, 2.75) is 45.4 Å². The third kappa shape index (κ3) is 3.91. The summed E-state index contributed by atoms with van der Waals surface area (Å²) >= 11 is 0. The highest BCUT2D eigenvalue weighted by atomic mass is 16.2. The van der Waals surface area contributed by atoms with Gasteiger partial charge in [0.2, 0.25) is 5.91 Å². The predicted octanol–water partition coefficient (Wildman–Crippen LogP) is 3.80. The van der Waals surface area contributed by atoms with E-state index in [9.17, 15) is 9.59 Å². The number of anilines is 1. The largest absolute Gasteiger partial charge is 0.326 e. The third-order valence-corrected chi connectivity index (χ3v) is 3.76. The SMILES string of the molecule is CC(=O)c1cccc(NC(=O)C2CCCCCC2)c1. The van der Waals surface area contributed by atoms with Gasteiger partial charge in [-0.15, -0.1) is 0 Å². The molecule has 102 valence electrons. The molecular weight excluding hydrogens is 238 g/mol. The van der Waals surface area contributed by atoms with Crippen LogP contribution in [0.1, 0.15) is 55.8 Å². The number of hydrogen-bond acceptors (Lipinski definition) is 2. The standard InChI is InChI=1S/C16H21NO2/c1-12(18)14-9-6-10-15(11-14)17-16(19)13-7-4-2-3-5-8-13/h6,9-11,13H,2-5,7-8H2,1H3,(H,17,19). The number of hydrogen-bond donors (Lipinski definition) is 1. The summed E-state index contributed by atoms with van der Waals surface area (Å²) in [6, 6.07) is 7.15. The molecule has 0 atom stereocenters. The van der Waals surface area contributed by atoms with Gasteiger partial charge in [0.15, 0.2) is 5.78 Å². The first-order valence-corrected chi connectivity index (χ1v) is 7.08. The van der Waals surface area contributed by atoms with E-state index in [2.05, 4.69) is 5.32 Å². The molecule has 0 radical (unpaired) electrons. The molecule has 3 nitrogen and oxygen atoms in total. The molecule has 1 aromatic rings. The number of carbonyl (C=O) groups is 2. The van der Waals surface area contributed by atoms with Crippen molar-refractivity contribution in [3.63, 3.8) is 0 Å². The number of benzene rings is 1.